The van der Waals surface area contributed by atoms with E-state index < -0.39 is 11.6 Å². The van der Waals surface area contributed by atoms with Crippen LogP contribution in [0, 0.1) is 0 Å². The maximum atomic E-state index is 13.1. The normalized spacial score (nSPS) is 12.9. The number of nitrogens with zero attached hydrogens (tertiary/aromatic N) is 1. The van der Waals surface area contributed by atoms with E-state index in [9.17, 15) is 24.6 Å². The second-order valence-corrected chi connectivity index (χ2v) is 8.18. The third-order valence-electron chi connectivity index (χ3n) is 4.85. The highest BCUT2D eigenvalue weighted by atomic mass is 16.3. The largest absolute Gasteiger partial charge is 0.507 e. The Morgan fingerprint density at radius 3 is 2.13 bits per heavy atom. The Hall–Kier alpha value is -3.59. The molecule has 0 unspecified atom stereocenters. The lowest BCUT2D eigenvalue weighted by Gasteiger charge is -2.24. The molecule has 30 heavy (non-hydrogen) atoms. The van der Waals surface area contributed by atoms with Crippen LogP contribution in [0.1, 0.15) is 31.8 Å². The van der Waals surface area contributed by atoms with Crippen molar-refractivity contribution >= 4 is 28.8 Å². The number of ketones is 2. The SMILES string of the molecule is C[N+](C)(C)CCNC(=O)CNc1ccc(O)c2c1C(=O)c1c(O)ccc(N)c1C2=O. The monoisotopic (exact) mass is 413 g/mol. The summed E-state index contributed by atoms with van der Waals surface area (Å²) in [4.78, 5) is 38.2. The number of fused-ring (bicyclic) bond motifs is 2. The van der Waals surface area contributed by atoms with Gasteiger partial charge in [0.15, 0.2) is 0 Å². The molecular formula is C21H25N4O5+. The van der Waals surface area contributed by atoms with E-state index in [4.69, 9.17) is 5.73 Å². The van der Waals surface area contributed by atoms with Gasteiger partial charge in [-0.2, -0.15) is 0 Å². The van der Waals surface area contributed by atoms with Crippen LogP contribution in [0.15, 0.2) is 24.3 Å². The summed E-state index contributed by atoms with van der Waals surface area (Å²) in [5.41, 5.74) is 5.41. The maximum Gasteiger partial charge on any atom is 0.239 e. The Balaban J connectivity index is 1.89. The zero-order valence-corrected chi connectivity index (χ0v) is 17.1. The molecule has 0 radical (unpaired) electrons. The molecule has 1 aliphatic rings. The van der Waals surface area contributed by atoms with Gasteiger partial charge in [-0.25, -0.2) is 0 Å². The summed E-state index contributed by atoms with van der Waals surface area (Å²) in [7, 11) is 6.03. The fourth-order valence-corrected chi connectivity index (χ4v) is 3.31. The van der Waals surface area contributed by atoms with Crippen LogP contribution >= 0.6 is 0 Å². The number of likely N-dealkylation sites (N-methyl/N-ethyl adjacent to an activating group) is 1. The number of hydrogen-bond acceptors (Lipinski definition) is 7. The van der Waals surface area contributed by atoms with Gasteiger partial charge < -0.3 is 31.1 Å². The fraction of sp³-hybridized carbons (Fsp3) is 0.286. The van der Waals surface area contributed by atoms with Crippen molar-refractivity contribution in [2.24, 2.45) is 0 Å². The summed E-state index contributed by atoms with van der Waals surface area (Å²) in [5, 5.41) is 26.0. The average molecular weight is 413 g/mol. The highest BCUT2D eigenvalue weighted by Gasteiger charge is 2.37. The molecule has 2 aromatic carbocycles. The first-order valence-corrected chi connectivity index (χ1v) is 9.39. The number of hydrogen-bond donors (Lipinski definition) is 5. The van der Waals surface area contributed by atoms with Gasteiger partial charge in [0.1, 0.15) is 11.5 Å². The van der Waals surface area contributed by atoms with Crippen molar-refractivity contribution in [2.75, 3.05) is 51.8 Å². The van der Waals surface area contributed by atoms with Crippen molar-refractivity contribution in [3.8, 4) is 11.5 Å². The van der Waals surface area contributed by atoms with Gasteiger partial charge in [-0.1, -0.05) is 0 Å². The van der Waals surface area contributed by atoms with Crippen molar-refractivity contribution in [2.45, 2.75) is 0 Å². The molecule has 0 aliphatic heterocycles. The zero-order chi connectivity index (χ0) is 22.2. The number of amides is 1. The van der Waals surface area contributed by atoms with E-state index in [1.165, 1.54) is 24.3 Å². The zero-order valence-electron chi connectivity index (χ0n) is 17.1. The van der Waals surface area contributed by atoms with Gasteiger partial charge in [0, 0.05) is 11.4 Å². The Kier molecular flexibility index (Phi) is 5.41. The number of nitrogens with two attached hydrogens (primary N) is 1. The summed E-state index contributed by atoms with van der Waals surface area (Å²) < 4.78 is 0.696. The smallest absolute Gasteiger partial charge is 0.239 e. The van der Waals surface area contributed by atoms with Crippen LogP contribution in [0.5, 0.6) is 11.5 Å². The predicted octanol–water partition coefficient (Wildman–Crippen LogP) is 0.690. The average Bonchev–Trinajstić information content (AvgIpc) is 2.65. The lowest BCUT2D eigenvalue weighted by Crippen LogP contribution is -2.43. The van der Waals surface area contributed by atoms with Crippen LogP contribution < -0.4 is 16.4 Å². The molecule has 2 aromatic rings. The first kappa shape index (κ1) is 21.1. The second kappa shape index (κ2) is 7.68. The first-order chi connectivity index (χ1) is 14.0. The van der Waals surface area contributed by atoms with Crippen LogP contribution in [0.3, 0.4) is 0 Å². The predicted molar refractivity (Wildman–Crippen MR) is 112 cm³/mol. The molecule has 0 bridgehead atoms. The standard InChI is InChI=1S/C21H24N4O5/c1-25(2,3)9-8-23-15(28)10-24-12-5-7-14(27)19-17(12)21(30)18-13(26)6-4-11(22)16(18)20(19)29/h4-7H,8-10H2,1-3H3,(H5-,22,23,24,26,27,28,29,30)/p+1. The number of quaternary nitrogens is 1. The molecule has 9 nitrogen and oxygen atoms in total. The molecule has 3 rings (SSSR count). The molecule has 0 saturated carbocycles. The number of nitrogens with one attached hydrogen (secondary N) is 2. The van der Waals surface area contributed by atoms with Crippen LogP contribution in [0.2, 0.25) is 0 Å². The summed E-state index contributed by atoms with van der Waals surface area (Å²) >= 11 is 0. The molecule has 0 saturated heterocycles. The number of phenolic OH excluding ortho intramolecular Hbond substituents is 2. The van der Waals surface area contributed by atoms with Crippen LogP contribution in [0.4, 0.5) is 11.4 Å². The number of nitrogen functional groups attached to an aromatic ring is 1. The first-order valence-electron chi connectivity index (χ1n) is 9.39. The van der Waals surface area contributed by atoms with Crippen LogP contribution in [-0.4, -0.2) is 72.9 Å². The molecule has 0 spiro atoms. The highest BCUT2D eigenvalue weighted by Crippen LogP contribution is 2.41. The van der Waals surface area contributed by atoms with E-state index in [0.717, 1.165) is 6.54 Å². The minimum atomic E-state index is -0.665. The number of aromatic hydroxyl groups is 2. The third-order valence-corrected chi connectivity index (χ3v) is 4.85. The van der Waals surface area contributed by atoms with Crippen molar-refractivity contribution in [1.82, 2.24) is 5.32 Å². The lowest BCUT2D eigenvalue weighted by atomic mass is 9.81. The number of rotatable bonds is 6. The molecule has 6 N–H and O–H groups in total. The number of carbonyl (C=O) groups is 3. The van der Waals surface area contributed by atoms with Gasteiger partial charge in [-0.15, -0.1) is 0 Å². The molecule has 0 aromatic heterocycles. The van der Waals surface area contributed by atoms with Gasteiger partial charge in [-0.3, -0.25) is 14.4 Å². The van der Waals surface area contributed by atoms with Crippen LogP contribution in [-0.2, 0) is 4.79 Å². The fourth-order valence-electron chi connectivity index (χ4n) is 3.31. The molecular weight excluding hydrogens is 388 g/mol. The van der Waals surface area contributed by atoms with E-state index >= 15 is 0 Å². The maximum absolute atomic E-state index is 13.1. The molecule has 0 heterocycles. The number of carbonyl (C=O) groups excluding carboxylic acids is 3. The van der Waals surface area contributed by atoms with Gasteiger partial charge in [0.25, 0.3) is 0 Å². The van der Waals surface area contributed by atoms with Gasteiger partial charge in [0.05, 0.1) is 63.0 Å². The van der Waals surface area contributed by atoms with Gasteiger partial charge in [0.2, 0.25) is 17.5 Å². The molecule has 158 valence electrons. The summed E-state index contributed by atoms with van der Waals surface area (Å²) in [6, 6.07) is 5.24. The second-order valence-electron chi connectivity index (χ2n) is 8.18. The topological polar surface area (TPSA) is 142 Å². The minimum absolute atomic E-state index is 0.0289. The number of benzene rings is 2. The minimum Gasteiger partial charge on any atom is -0.507 e. The van der Waals surface area contributed by atoms with E-state index in [1.807, 2.05) is 21.1 Å². The number of anilines is 2. The Labute approximate surface area is 173 Å². The van der Waals surface area contributed by atoms with E-state index in [-0.39, 0.29) is 57.6 Å². The lowest BCUT2D eigenvalue weighted by molar-refractivity contribution is -0.869. The quantitative estimate of drug-likeness (QED) is 0.227. The van der Waals surface area contributed by atoms with E-state index in [0.29, 0.717) is 11.0 Å². The molecule has 0 fully saturated rings. The van der Waals surface area contributed by atoms with E-state index in [1.54, 1.807) is 0 Å². The van der Waals surface area contributed by atoms with Crippen molar-refractivity contribution in [3.63, 3.8) is 0 Å². The van der Waals surface area contributed by atoms with Gasteiger partial charge >= 0.3 is 0 Å². The number of phenols is 2. The highest BCUT2D eigenvalue weighted by molar-refractivity contribution is 6.33. The Morgan fingerprint density at radius 1 is 0.933 bits per heavy atom. The van der Waals surface area contributed by atoms with Crippen molar-refractivity contribution in [1.29, 1.82) is 0 Å². The van der Waals surface area contributed by atoms with Crippen LogP contribution in [0.25, 0.3) is 0 Å². The van der Waals surface area contributed by atoms with Gasteiger partial charge in [-0.05, 0) is 24.3 Å². The Morgan fingerprint density at radius 2 is 1.50 bits per heavy atom. The van der Waals surface area contributed by atoms with E-state index in [2.05, 4.69) is 10.6 Å². The molecule has 1 amide bonds. The van der Waals surface area contributed by atoms with Crippen molar-refractivity contribution in [3.05, 3.63) is 46.5 Å². The third kappa shape index (κ3) is 3.92. The molecule has 9 heteroatoms. The Bertz CT molecular complexity index is 1060. The summed E-state index contributed by atoms with van der Waals surface area (Å²) in [6.07, 6.45) is 0. The molecule has 0 atom stereocenters. The summed E-state index contributed by atoms with van der Waals surface area (Å²) in [5.74, 6) is -2.37. The molecule has 1 aliphatic carbocycles. The van der Waals surface area contributed by atoms with Crippen molar-refractivity contribution < 1.29 is 29.1 Å². The summed E-state index contributed by atoms with van der Waals surface area (Å²) in [6.45, 7) is 1.09.